The highest BCUT2D eigenvalue weighted by Gasteiger charge is 2.34. The molecule has 0 radical (unpaired) electrons. The van der Waals surface area contributed by atoms with E-state index in [0.29, 0.717) is 42.6 Å². The molecule has 0 bridgehead atoms. The zero-order chi connectivity index (χ0) is 21.5. The van der Waals surface area contributed by atoms with Gasteiger partial charge in [0, 0.05) is 28.3 Å². The van der Waals surface area contributed by atoms with E-state index in [2.05, 4.69) is 5.32 Å². The lowest BCUT2D eigenvalue weighted by atomic mass is 9.79. The van der Waals surface area contributed by atoms with Crippen LogP contribution >= 0.6 is 11.8 Å². The largest absolute Gasteiger partial charge is 0.416 e. The number of amides is 1. The van der Waals surface area contributed by atoms with Crippen LogP contribution in [0.15, 0.2) is 46.2 Å². The average molecular weight is 438 g/mol. The zero-order valence-corrected chi connectivity index (χ0v) is 17.4. The Balaban J connectivity index is 1.57. The summed E-state index contributed by atoms with van der Waals surface area (Å²) in [6.45, 7) is 1.58. The maximum absolute atomic E-state index is 14.0. The summed E-state index contributed by atoms with van der Waals surface area (Å²) < 4.78 is 54.4. The van der Waals surface area contributed by atoms with Gasteiger partial charge in [0.1, 0.15) is 5.67 Å². The van der Waals surface area contributed by atoms with Gasteiger partial charge in [0.25, 0.3) is 0 Å². The number of benzene rings is 2. The van der Waals surface area contributed by atoms with Crippen LogP contribution in [-0.2, 0) is 17.4 Å². The van der Waals surface area contributed by atoms with Crippen molar-refractivity contribution >= 4 is 23.4 Å². The molecule has 2 nitrogen and oxygen atoms in total. The number of nitrogens with one attached hydrogen (secondary N) is 1. The highest BCUT2D eigenvalue weighted by Crippen LogP contribution is 2.45. The third kappa shape index (κ3) is 4.66. The first-order valence-corrected chi connectivity index (χ1v) is 10.9. The summed E-state index contributed by atoms with van der Waals surface area (Å²) in [4.78, 5) is 14.1. The van der Waals surface area contributed by atoms with Crippen molar-refractivity contribution in [1.29, 1.82) is 0 Å². The number of carbonyl (C=O) groups is 1. The number of hydrogen-bond acceptors (Lipinski definition) is 2. The van der Waals surface area contributed by atoms with E-state index >= 15 is 0 Å². The minimum Gasteiger partial charge on any atom is -0.326 e. The maximum atomic E-state index is 14.0. The monoisotopic (exact) mass is 437 g/mol. The second-order valence-electron chi connectivity index (χ2n) is 8.49. The van der Waals surface area contributed by atoms with E-state index in [-0.39, 0.29) is 23.9 Å². The lowest BCUT2D eigenvalue weighted by Crippen LogP contribution is -2.28. The van der Waals surface area contributed by atoms with Gasteiger partial charge in [0.15, 0.2) is 0 Å². The van der Waals surface area contributed by atoms with Crippen molar-refractivity contribution in [3.8, 4) is 0 Å². The molecule has 1 aliphatic carbocycles. The van der Waals surface area contributed by atoms with Gasteiger partial charge in [-0.2, -0.15) is 13.2 Å². The van der Waals surface area contributed by atoms with Gasteiger partial charge in [0.2, 0.25) is 5.91 Å². The number of fused-ring (bicyclic) bond motifs is 2. The number of rotatable bonds is 3. The summed E-state index contributed by atoms with van der Waals surface area (Å²) in [5, 5.41) is 2.74. The van der Waals surface area contributed by atoms with Crippen molar-refractivity contribution in [2.45, 2.75) is 67.1 Å². The van der Waals surface area contributed by atoms with Crippen LogP contribution in [0.3, 0.4) is 0 Å². The van der Waals surface area contributed by atoms with Crippen molar-refractivity contribution in [2.24, 2.45) is 5.92 Å². The molecule has 1 N–H and O–H groups in total. The van der Waals surface area contributed by atoms with E-state index in [4.69, 9.17) is 0 Å². The molecule has 0 aromatic heterocycles. The molecule has 1 fully saturated rings. The highest BCUT2D eigenvalue weighted by atomic mass is 32.2. The van der Waals surface area contributed by atoms with Gasteiger partial charge in [-0.05, 0) is 67.9 Å². The molecule has 30 heavy (non-hydrogen) atoms. The molecule has 0 spiro atoms. The Labute approximate surface area is 177 Å². The Morgan fingerprint density at radius 3 is 2.57 bits per heavy atom. The fraction of sp³-hybridized carbons (Fsp3) is 0.435. The van der Waals surface area contributed by atoms with E-state index in [1.54, 1.807) is 6.92 Å². The standard InChI is InChI=1S/C23H23F4NOS/c1-22(24)8-6-14(7-9-22)10-21(29)28-18-12-16(23(25,26)27)13-20-17(18)11-15-4-2-3-5-19(15)30-20/h2-5,12-14H,6-11H2,1H3,(H,28,29). The number of alkyl halides is 4. The number of hydrogen-bond donors (Lipinski definition) is 1. The molecule has 160 valence electrons. The molecule has 4 rings (SSSR count). The topological polar surface area (TPSA) is 29.1 Å². The summed E-state index contributed by atoms with van der Waals surface area (Å²) in [5.74, 6) is -0.251. The number of halogens is 4. The Kier molecular flexibility index (Phi) is 5.60. The van der Waals surface area contributed by atoms with Gasteiger partial charge in [-0.1, -0.05) is 30.0 Å². The lowest BCUT2D eigenvalue weighted by Gasteiger charge is -2.31. The van der Waals surface area contributed by atoms with E-state index in [9.17, 15) is 22.4 Å². The molecule has 7 heteroatoms. The first-order chi connectivity index (χ1) is 14.1. The van der Waals surface area contributed by atoms with Crippen molar-refractivity contribution in [3.05, 3.63) is 53.1 Å². The second kappa shape index (κ2) is 7.91. The Morgan fingerprint density at radius 2 is 1.87 bits per heavy atom. The van der Waals surface area contributed by atoms with Gasteiger partial charge in [-0.15, -0.1) is 0 Å². The third-order valence-electron chi connectivity index (χ3n) is 5.99. The summed E-state index contributed by atoms with van der Waals surface area (Å²) >= 11 is 1.30. The first kappa shape index (κ1) is 21.2. The highest BCUT2D eigenvalue weighted by molar-refractivity contribution is 7.99. The normalized spacial score (nSPS) is 23.4. The van der Waals surface area contributed by atoms with Crippen LogP contribution < -0.4 is 5.32 Å². The molecule has 2 aromatic rings. The fourth-order valence-electron chi connectivity index (χ4n) is 4.20. The molecule has 1 heterocycles. The van der Waals surface area contributed by atoms with Gasteiger partial charge in [-0.25, -0.2) is 4.39 Å². The van der Waals surface area contributed by atoms with Crippen molar-refractivity contribution < 1.29 is 22.4 Å². The van der Waals surface area contributed by atoms with Gasteiger partial charge in [-0.3, -0.25) is 4.79 Å². The van der Waals surface area contributed by atoms with Crippen LogP contribution in [0.2, 0.25) is 0 Å². The third-order valence-corrected chi connectivity index (χ3v) is 7.19. The predicted octanol–water partition coefficient (Wildman–Crippen LogP) is 7.01. The zero-order valence-electron chi connectivity index (χ0n) is 16.6. The van der Waals surface area contributed by atoms with Gasteiger partial charge < -0.3 is 5.32 Å². The molecule has 0 atom stereocenters. The SMILES string of the molecule is CC1(F)CCC(CC(=O)Nc2cc(C(F)(F)F)cc3c2Cc2ccccc2S3)CC1. The molecule has 1 amide bonds. The number of carbonyl (C=O) groups excluding carboxylic acids is 1. The fourth-order valence-corrected chi connectivity index (χ4v) is 5.35. The van der Waals surface area contributed by atoms with E-state index in [1.807, 2.05) is 24.3 Å². The van der Waals surface area contributed by atoms with Crippen molar-refractivity contribution in [2.75, 3.05) is 5.32 Å². The van der Waals surface area contributed by atoms with Crippen LogP contribution in [0, 0.1) is 5.92 Å². The summed E-state index contributed by atoms with van der Waals surface area (Å²) in [6.07, 6.45) is -1.77. The Hall–Kier alpha value is -2.02. The van der Waals surface area contributed by atoms with Crippen LogP contribution in [0.5, 0.6) is 0 Å². The molecular weight excluding hydrogens is 414 g/mol. The molecule has 1 aliphatic heterocycles. The van der Waals surface area contributed by atoms with Crippen LogP contribution in [-0.4, -0.2) is 11.6 Å². The van der Waals surface area contributed by atoms with E-state index < -0.39 is 17.4 Å². The minimum absolute atomic E-state index is 0.0607. The molecule has 2 aromatic carbocycles. The summed E-state index contributed by atoms with van der Waals surface area (Å²) in [7, 11) is 0. The minimum atomic E-state index is -4.50. The smallest absolute Gasteiger partial charge is 0.326 e. The van der Waals surface area contributed by atoms with Crippen LogP contribution in [0.1, 0.15) is 55.7 Å². The van der Waals surface area contributed by atoms with Crippen LogP contribution in [0.25, 0.3) is 0 Å². The van der Waals surface area contributed by atoms with Gasteiger partial charge >= 0.3 is 6.18 Å². The summed E-state index contributed by atoms with van der Waals surface area (Å²) in [6, 6.07) is 9.79. The molecular formula is C23H23F4NOS. The first-order valence-electron chi connectivity index (χ1n) is 10.1. The van der Waals surface area contributed by atoms with E-state index in [1.165, 1.54) is 11.8 Å². The lowest BCUT2D eigenvalue weighted by molar-refractivity contribution is -0.137. The van der Waals surface area contributed by atoms with Crippen LogP contribution in [0.4, 0.5) is 23.2 Å². The van der Waals surface area contributed by atoms with Gasteiger partial charge in [0.05, 0.1) is 5.56 Å². The molecule has 0 unspecified atom stereocenters. The Bertz CT molecular complexity index is 960. The predicted molar refractivity (Wildman–Crippen MR) is 110 cm³/mol. The average Bonchev–Trinajstić information content (AvgIpc) is 2.67. The van der Waals surface area contributed by atoms with Crippen molar-refractivity contribution in [3.63, 3.8) is 0 Å². The molecule has 0 saturated heterocycles. The maximum Gasteiger partial charge on any atom is 0.416 e. The second-order valence-corrected chi connectivity index (χ2v) is 9.58. The Morgan fingerprint density at radius 1 is 1.17 bits per heavy atom. The van der Waals surface area contributed by atoms with E-state index in [0.717, 1.165) is 22.6 Å². The molecule has 1 saturated carbocycles. The molecule has 2 aliphatic rings. The number of anilines is 1. The summed E-state index contributed by atoms with van der Waals surface area (Å²) in [5.41, 5.74) is 0.00426. The van der Waals surface area contributed by atoms with Crippen molar-refractivity contribution in [1.82, 2.24) is 0 Å². The quantitative estimate of drug-likeness (QED) is 0.447.